The molecule has 7 rings (SSSR count). The number of carbonyl (C=O) groups is 1. The predicted octanol–water partition coefficient (Wildman–Crippen LogP) is 7.11. The highest BCUT2D eigenvalue weighted by atomic mass is 32.2. The van der Waals surface area contributed by atoms with Gasteiger partial charge in [0.15, 0.2) is 19.7 Å². The minimum absolute atomic E-state index is 0.0583. The molecule has 3 aliphatic carbocycles. The first kappa shape index (κ1) is 44.9. The zero-order valence-electron chi connectivity index (χ0n) is 37.1. The number of carboxylic acid groups (broad SMARTS) is 1. The summed E-state index contributed by atoms with van der Waals surface area (Å²) in [5.74, 6) is 2.06. The molecule has 4 fully saturated rings. The number of carboxylic acids is 1. The second-order valence-corrected chi connectivity index (χ2v) is 25.7. The van der Waals surface area contributed by atoms with Gasteiger partial charge >= 0.3 is 5.97 Å². The number of fused-ring (bicyclic) bond motifs is 3. The van der Waals surface area contributed by atoms with Gasteiger partial charge < -0.3 is 20.2 Å². The van der Waals surface area contributed by atoms with Gasteiger partial charge in [-0.05, 0) is 126 Å². The minimum atomic E-state index is -2.93. The van der Waals surface area contributed by atoms with E-state index in [0.29, 0.717) is 61.5 Å². The molecule has 6 aliphatic rings. The maximum Gasteiger partial charge on any atom is 0.335 e. The van der Waals surface area contributed by atoms with Gasteiger partial charge in [-0.25, -0.2) is 21.6 Å². The molecule has 12 heteroatoms. The van der Waals surface area contributed by atoms with Crippen LogP contribution < -0.4 is 5.32 Å². The van der Waals surface area contributed by atoms with Gasteiger partial charge in [-0.15, -0.1) is 0 Å². The number of hydrogen-bond donors (Lipinski definition) is 2. The number of nitrogens with one attached hydrogen (secondary N) is 1. The summed E-state index contributed by atoms with van der Waals surface area (Å²) in [7, 11) is -5.82. The summed E-state index contributed by atoms with van der Waals surface area (Å²) >= 11 is 0. The lowest BCUT2D eigenvalue weighted by atomic mass is 9.35. The number of nitrogens with zero attached hydrogens (tertiary/aromatic N) is 3. The van der Waals surface area contributed by atoms with Gasteiger partial charge in [0, 0.05) is 58.1 Å². The largest absolute Gasteiger partial charge is 0.478 e. The van der Waals surface area contributed by atoms with Gasteiger partial charge in [-0.2, -0.15) is 0 Å². The fourth-order valence-corrected chi connectivity index (χ4v) is 16.1. The molecule has 0 spiro atoms. The first-order valence-electron chi connectivity index (χ1n) is 22.9. The SMILES string of the molecule is CCC(CCC1(C)C(CC2(C(C)CN3CCS(=O)(=O)CC3)C=N2)CCC2C3(C)CC=C(c4ccc(C(=O)O)cc4)C(C)(C)C3CCC21C)NCCN1CCS(=O)(=O)CC1. The second kappa shape index (κ2) is 16.5. The maximum atomic E-state index is 12.2. The molecule has 0 aromatic heterocycles. The molecule has 1 aromatic rings. The van der Waals surface area contributed by atoms with Gasteiger partial charge in [-0.3, -0.25) is 4.99 Å². The molecule has 9 unspecified atom stereocenters. The predicted molar refractivity (Wildman–Crippen MR) is 240 cm³/mol. The van der Waals surface area contributed by atoms with E-state index in [1.807, 2.05) is 12.1 Å². The van der Waals surface area contributed by atoms with E-state index in [1.165, 1.54) is 31.3 Å². The monoisotopic (exact) mass is 855 g/mol. The van der Waals surface area contributed by atoms with E-state index in [-0.39, 0.29) is 50.2 Å². The van der Waals surface area contributed by atoms with Crippen LogP contribution in [0.1, 0.15) is 122 Å². The number of hydrogen-bond acceptors (Lipinski definition) is 9. The van der Waals surface area contributed by atoms with Crippen molar-refractivity contribution >= 4 is 37.4 Å². The lowest BCUT2D eigenvalue weighted by Gasteiger charge is -2.70. The third kappa shape index (κ3) is 8.79. The summed E-state index contributed by atoms with van der Waals surface area (Å²) in [5.41, 5.74) is 2.95. The Kier molecular flexibility index (Phi) is 12.6. The Hall–Kier alpha value is -2.12. The molecule has 1 aromatic carbocycles. The minimum Gasteiger partial charge on any atom is -0.478 e. The molecular formula is C47H74N4O6S2. The highest BCUT2D eigenvalue weighted by Gasteiger charge is 2.66. The molecule has 0 bridgehead atoms. The fraction of sp³-hybridized carbons (Fsp3) is 0.787. The van der Waals surface area contributed by atoms with Crippen LogP contribution in [0.15, 0.2) is 35.3 Å². The van der Waals surface area contributed by atoms with Crippen molar-refractivity contribution in [2.45, 2.75) is 118 Å². The Balaban J connectivity index is 1.12. The average molecular weight is 855 g/mol. The Morgan fingerprint density at radius 3 is 2.08 bits per heavy atom. The highest BCUT2D eigenvalue weighted by Crippen LogP contribution is 2.74. The molecule has 2 saturated carbocycles. The number of benzene rings is 1. The molecule has 3 aliphatic heterocycles. The van der Waals surface area contributed by atoms with Crippen molar-refractivity contribution in [3.8, 4) is 0 Å². The van der Waals surface area contributed by atoms with Crippen molar-refractivity contribution in [1.82, 2.24) is 15.1 Å². The van der Waals surface area contributed by atoms with Crippen molar-refractivity contribution in [2.75, 3.05) is 68.8 Å². The van der Waals surface area contributed by atoms with Crippen LogP contribution in [0.5, 0.6) is 0 Å². The normalized spacial score (nSPS) is 37.4. The Morgan fingerprint density at radius 2 is 1.51 bits per heavy atom. The maximum absolute atomic E-state index is 12.2. The van der Waals surface area contributed by atoms with Crippen LogP contribution in [-0.4, -0.2) is 124 Å². The highest BCUT2D eigenvalue weighted by molar-refractivity contribution is 7.91. The van der Waals surface area contributed by atoms with E-state index in [0.717, 1.165) is 57.3 Å². The molecule has 0 amide bonds. The number of aliphatic imine (C=N–C) groups is 1. The number of allylic oxidation sites excluding steroid dienone is 2. The summed E-state index contributed by atoms with van der Waals surface area (Å²) in [6.45, 7) is 22.6. The summed E-state index contributed by atoms with van der Waals surface area (Å²) in [6, 6.07) is 7.91. The van der Waals surface area contributed by atoms with E-state index in [4.69, 9.17) is 4.99 Å². The van der Waals surface area contributed by atoms with Gasteiger partial charge in [0.25, 0.3) is 0 Å². The first-order chi connectivity index (χ1) is 27.7. The average Bonchev–Trinajstić information content (AvgIpc) is 3.97. The number of sulfone groups is 2. The van der Waals surface area contributed by atoms with E-state index >= 15 is 0 Å². The van der Waals surface area contributed by atoms with Crippen LogP contribution >= 0.6 is 0 Å². The molecule has 9 atom stereocenters. The first-order valence-corrected chi connectivity index (χ1v) is 26.5. The molecular weight excluding hydrogens is 781 g/mol. The zero-order valence-corrected chi connectivity index (χ0v) is 38.8. The topological polar surface area (TPSA) is 136 Å². The molecule has 2 N–H and O–H groups in total. The Bertz CT molecular complexity index is 1960. The van der Waals surface area contributed by atoms with Gasteiger partial charge in [0.05, 0.1) is 34.1 Å². The molecule has 3 heterocycles. The fourth-order valence-electron chi connectivity index (χ4n) is 13.6. The van der Waals surface area contributed by atoms with Gasteiger partial charge in [-0.1, -0.05) is 66.7 Å². The summed E-state index contributed by atoms with van der Waals surface area (Å²) in [4.78, 5) is 21.4. The van der Waals surface area contributed by atoms with Crippen molar-refractivity contribution in [3.05, 3.63) is 41.5 Å². The van der Waals surface area contributed by atoms with Gasteiger partial charge in [0.2, 0.25) is 0 Å². The third-order valence-electron chi connectivity index (χ3n) is 17.7. The van der Waals surface area contributed by atoms with Crippen molar-refractivity contribution in [1.29, 1.82) is 0 Å². The van der Waals surface area contributed by atoms with Crippen LogP contribution in [0.25, 0.3) is 5.57 Å². The quantitative estimate of drug-likeness (QED) is 0.189. The standard InChI is InChI=1S/C47H74N4O6S2/c1-8-38(48-21-22-50-23-27-58(54,55)28-24-50)15-19-45(6)37(31-47(33-49-47)34(2)32-51-25-29-59(56,57)30-26-51)13-14-41-44(5)18-16-39(35-9-11-36(12-10-35)42(52)53)43(3,4)40(44)17-20-46(41,45)7/h9-12,16,33-34,37-38,40-41,48H,8,13-15,17-32H2,1-7H3,(H,52,53). The van der Waals surface area contributed by atoms with E-state index in [1.54, 1.807) is 12.1 Å². The van der Waals surface area contributed by atoms with E-state index in [2.05, 4.69) is 75.9 Å². The van der Waals surface area contributed by atoms with Crippen LogP contribution in [-0.2, 0) is 19.7 Å². The molecule has 0 radical (unpaired) electrons. The summed E-state index contributed by atoms with van der Waals surface area (Å²) < 4.78 is 48.5. The number of aromatic carboxylic acids is 1. The third-order valence-corrected chi connectivity index (χ3v) is 21.0. The molecule has 59 heavy (non-hydrogen) atoms. The molecule has 2 saturated heterocycles. The Morgan fingerprint density at radius 1 is 0.898 bits per heavy atom. The Labute approximate surface area is 356 Å². The van der Waals surface area contributed by atoms with Crippen LogP contribution in [0.3, 0.4) is 0 Å². The van der Waals surface area contributed by atoms with E-state index < -0.39 is 25.6 Å². The van der Waals surface area contributed by atoms with E-state index in [9.17, 15) is 26.7 Å². The zero-order chi connectivity index (χ0) is 42.6. The molecule has 330 valence electrons. The van der Waals surface area contributed by atoms with Crippen LogP contribution in [0.2, 0.25) is 0 Å². The van der Waals surface area contributed by atoms with Crippen molar-refractivity contribution in [2.24, 2.45) is 50.3 Å². The lowest BCUT2D eigenvalue weighted by Crippen LogP contribution is -2.63. The van der Waals surface area contributed by atoms with Crippen LogP contribution in [0.4, 0.5) is 0 Å². The lowest BCUT2D eigenvalue weighted by molar-refractivity contribution is -0.194. The summed E-state index contributed by atoms with van der Waals surface area (Å²) in [5, 5.41) is 13.5. The molecule has 10 nitrogen and oxygen atoms in total. The number of rotatable bonds is 15. The smallest absolute Gasteiger partial charge is 0.335 e. The van der Waals surface area contributed by atoms with Crippen molar-refractivity contribution < 1.29 is 26.7 Å². The van der Waals surface area contributed by atoms with Gasteiger partial charge in [0.1, 0.15) is 0 Å². The van der Waals surface area contributed by atoms with Crippen LogP contribution in [0, 0.1) is 45.3 Å². The van der Waals surface area contributed by atoms with Crippen molar-refractivity contribution in [3.63, 3.8) is 0 Å². The summed E-state index contributed by atoms with van der Waals surface area (Å²) in [6.07, 6.45) is 14.9. The second-order valence-electron chi connectivity index (χ2n) is 21.1.